The molecule has 116 valence electrons. The fraction of sp³-hybridized carbons (Fsp3) is 0.467. The highest BCUT2D eigenvalue weighted by Gasteiger charge is 2.06. The van der Waals surface area contributed by atoms with Crippen molar-refractivity contribution in [2.75, 3.05) is 18.5 Å². The van der Waals surface area contributed by atoms with Crippen LogP contribution in [0.3, 0.4) is 0 Å². The third-order valence-electron chi connectivity index (χ3n) is 3.02. The van der Waals surface area contributed by atoms with Gasteiger partial charge in [-0.25, -0.2) is 0 Å². The van der Waals surface area contributed by atoms with Crippen molar-refractivity contribution in [1.82, 2.24) is 0 Å². The van der Waals surface area contributed by atoms with Gasteiger partial charge in [-0.05, 0) is 43.1 Å². The van der Waals surface area contributed by atoms with E-state index in [-0.39, 0.29) is 18.9 Å². The van der Waals surface area contributed by atoms with Crippen molar-refractivity contribution in [1.29, 1.82) is 0 Å². The van der Waals surface area contributed by atoms with Crippen LogP contribution in [0.5, 0.6) is 5.75 Å². The zero-order chi connectivity index (χ0) is 15.7. The molecule has 1 aromatic carbocycles. The Labute approximate surface area is 124 Å². The number of hydrogen-bond donors (Lipinski definition) is 3. The van der Waals surface area contributed by atoms with Crippen LogP contribution in [0.25, 0.3) is 0 Å². The lowest BCUT2D eigenvalue weighted by Gasteiger charge is -2.09. The molecule has 5 N–H and O–H groups in total. The second-order valence-electron chi connectivity index (χ2n) is 5.02. The second kappa shape index (κ2) is 8.97. The largest absolute Gasteiger partial charge is 0.493 e. The van der Waals surface area contributed by atoms with Gasteiger partial charge in [0.2, 0.25) is 11.8 Å². The average Bonchev–Trinajstić information content (AvgIpc) is 2.46. The Morgan fingerprint density at radius 1 is 1.24 bits per heavy atom. The van der Waals surface area contributed by atoms with Crippen molar-refractivity contribution in [2.24, 2.45) is 17.4 Å². The van der Waals surface area contributed by atoms with Crippen LogP contribution in [0, 0.1) is 5.92 Å². The molecule has 0 saturated heterocycles. The van der Waals surface area contributed by atoms with E-state index in [4.69, 9.17) is 16.2 Å². The van der Waals surface area contributed by atoms with E-state index < -0.39 is 5.91 Å². The number of ether oxygens (including phenoxy) is 1. The number of amides is 2. The van der Waals surface area contributed by atoms with E-state index in [9.17, 15) is 9.59 Å². The van der Waals surface area contributed by atoms with Gasteiger partial charge < -0.3 is 21.5 Å². The third-order valence-corrected chi connectivity index (χ3v) is 3.02. The minimum Gasteiger partial charge on any atom is -0.493 e. The molecule has 0 aliphatic heterocycles. The summed E-state index contributed by atoms with van der Waals surface area (Å²) in [6.07, 6.45) is 1.41. The molecule has 21 heavy (non-hydrogen) atoms. The maximum absolute atomic E-state index is 11.7. The molecule has 1 unspecified atom stereocenters. The molecule has 0 saturated carbocycles. The van der Waals surface area contributed by atoms with Gasteiger partial charge in [-0.3, -0.25) is 9.59 Å². The number of nitrogens with one attached hydrogen (secondary N) is 1. The predicted octanol–water partition coefficient (Wildman–Crippen LogP) is 1.25. The van der Waals surface area contributed by atoms with E-state index in [0.29, 0.717) is 30.3 Å². The molecule has 1 rings (SSSR count). The standard InChI is InChI=1S/C15H23N3O3/c1-11(10-16)2-7-15(20)18-12-3-5-13(6-4-12)21-9-8-14(17)19/h3-6,11H,2,7-10,16H2,1H3,(H2,17,19)(H,18,20). The summed E-state index contributed by atoms with van der Waals surface area (Å²) in [4.78, 5) is 22.3. The van der Waals surface area contributed by atoms with Crippen LogP contribution in [-0.2, 0) is 9.59 Å². The molecule has 0 fully saturated rings. The first-order chi connectivity index (χ1) is 10.0. The summed E-state index contributed by atoms with van der Waals surface area (Å²) in [6, 6.07) is 6.98. The van der Waals surface area contributed by atoms with Gasteiger partial charge in [-0.2, -0.15) is 0 Å². The highest BCUT2D eigenvalue weighted by molar-refractivity contribution is 5.90. The van der Waals surface area contributed by atoms with Crippen molar-refractivity contribution < 1.29 is 14.3 Å². The van der Waals surface area contributed by atoms with Crippen molar-refractivity contribution in [3.05, 3.63) is 24.3 Å². The lowest BCUT2D eigenvalue weighted by molar-refractivity contribution is -0.118. The Hall–Kier alpha value is -2.08. The second-order valence-corrected chi connectivity index (χ2v) is 5.02. The normalized spacial score (nSPS) is 11.7. The van der Waals surface area contributed by atoms with Gasteiger partial charge in [-0.15, -0.1) is 0 Å². The van der Waals surface area contributed by atoms with Gasteiger partial charge in [-0.1, -0.05) is 6.92 Å². The third kappa shape index (κ3) is 7.31. The summed E-state index contributed by atoms with van der Waals surface area (Å²) in [6.45, 7) is 2.86. The highest BCUT2D eigenvalue weighted by Crippen LogP contribution is 2.16. The molecule has 0 bridgehead atoms. The molecule has 1 aromatic rings. The Balaban J connectivity index is 2.36. The van der Waals surface area contributed by atoms with Crippen LogP contribution in [0.1, 0.15) is 26.2 Å². The molecule has 0 aliphatic rings. The molecule has 2 amide bonds. The van der Waals surface area contributed by atoms with E-state index in [2.05, 4.69) is 5.32 Å². The molecule has 0 aliphatic carbocycles. The van der Waals surface area contributed by atoms with E-state index in [1.165, 1.54) is 0 Å². The number of rotatable bonds is 9. The quantitative estimate of drug-likeness (QED) is 0.637. The summed E-state index contributed by atoms with van der Waals surface area (Å²) in [7, 11) is 0. The van der Waals surface area contributed by atoms with Crippen LogP contribution < -0.4 is 21.5 Å². The van der Waals surface area contributed by atoms with Gasteiger partial charge >= 0.3 is 0 Å². The summed E-state index contributed by atoms with van der Waals surface area (Å²) in [5.74, 6) is 0.547. The monoisotopic (exact) mass is 293 g/mol. The van der Waals surface area contributed by atoms with Gasteiger partial charge in [0.1, 0.15) is 5.75 Å². The number of benzene rings is 1. The highest BCUT2D eigenvalue weighted by atomic mass is 16.5. The van der Waals surface area contributed by atoms with Gasteiger partial charge in [0.05, 0.1) is 13.0 Å². The molecule has 0 spiro atoms. The Morgan fingerprint density at radius 2 is 1.90 bits per heavy atom. The van der Waals surface area contributed by atoms with Crippen molar-refractivity contribution in [3.63, 3.8) is 0 Å². The van der Waals surface area contributed by atoms with Crippen LogP contribution >= 0.6 is 0 Å². The first-order valence-electron chi connectivity index (χ1n) is 7.02. The summed E-state index contributed by atoms with van der Waals surface area (Å²) in [5, 5.41) is 2.81. The summed E-state index contributed by atoms with van der Waals surface area (Å²) >= 11 is 0. The van der Waals surface area contributed by atoms with E-state index in [1.807, 2.05) is 6.92 Å². The minimum atomic E-state index is -0.398. The molecule has 0 heterocycles. The fourth-order valence-corrected chi connectivity index (χ4v) is 1.62. The minimum absolute atomic E-state index is 0.0299. The molecular formula is C15H23N3O3. The van der Waals surface area contributed by atoms with Crippen LogP contribution in [0.4, 0.5) is 5.69 Å². The Kier molecular flexibility index (Phi) is 7.25. The number of carbonyl (C=O) groups is 2. The smallest absolute Gasteiger partial charge is 0.224 e. The fourth-order valence-electron chi connectivity index (χ4n) is 1.62. The van der Waals surface area contributed by atoms with Gasteiger partial charge in [0.15, 0.2) is 0 Å². The van der Waals surface area contributed by atoms with Gasteiger partial charge in [0, 0.05) is 12.1 Å². The van der Waals surface area contributed by atoms with Crippen LogP contribution in [-0.4, -0.2) is 25.0 Å². The number of nitrogens with two attached hydrogens (primary N) is 2. The van der Waals surface area contributed by atoms with Crippen molar-refractivity contribution >= 4 is 17.5 Å². The lowest BCUT2D eigenvalue weighted by Crippen LogP contribution is -2.16. The number of carbonyl (C=O) groups excluding carboxylic acids is 2. The maximum atomic E-state index is 11.7. The zero-order valence-electron chi connectivity index (χ0n) is 12.3. The SMILES string of the molecule is CC(CN)CCC(=O)Nc1ccc(OCCC(N)=O)cc1. The van der Waals surface area contributed by atoms with Crippen molar-refractivity contribution in [2.45, 2.75) is 26.2 Å². The summed E-state index contributed by atoms with van der Waals surface area (Å²) in [5.41, 5.74) is 11.2. The summed E-state index contributed by atoms with van der Waals surface area (Å²) < 4.78 is 5.34. The molecule has 0 aromatic heterocycles. The Bertz CT molecular complexity index is 460. The van der Waals surface area contributed by atoms with Gasteiger partial charge in [0.25, 0.3) is 0 Å². The molecule has 6 nitrogen and oxygen atoms in total. The van der Waals surface area contributed by atoms with E-state index in [0.717, 1.165) is 6.42 Å². The first kappa shape index (κ1) is 17.0. The number of primary amides is 1. The number of hydrogen-bond acceptors (Lipinski definition) is 4. The lowest BCUT2D eigenvalue weighted by atomic mass is 10.1. The number of anilines is 1. The topological polar surface area (TPSA) is 107 Å². The Morgan fingerprint density at radius 3 is 2.48 bits per heavy atom. The molecule has 6 heteroatoms. The zero-order valence-corrected chi connectivity index (χ0v) is 12.3. The molecule has 1 atom stereocenters. The van der Waals surface area contributed by atoms with E-state index >= 15 is 0 Å². The predicted molar refractivity (Wildman–Crippen MR) is 81.8 cm³/mol. The van der Waals surface area contributed by atoms with Crippen LogP contribution in [0.15, 0.2) is 24.3 Å². The average molecular weight is 293 g/mol. The molecule has 0 radical (unpaired) electrons. The van der Waals surface area contributed by atoms with Crippen LogP contribution in [0.2, 0.25) is 0 Å². The maximum Gasteiger partial charge on any atom is 0.224 e. The molecular weight excluding hydrogens is 270 g/mol. The first-order valence-corrected chi connectivity index (χ1v) is 7.02. The van der Waals surface area contributed by atoms with Crippen molar-refractivity contribution in [3.8, 4) is 5.75 Å². The van der Waals surface area contributed by atoms with E-state index in [1.54, 1.807) is 24.3 Å².